The van der Waals surface area contributed by atoms with Crippen LogP contribution in [0.2, 0.25) is 0 Å². The highest BCUT2D eigenvalue weighted by molar-refractivity contribution is 6.35. The molecule has 136 valence electrons. The predicted octanol–water partition coefficient (Wildman–Crippen LogP) is 5.13. The quantitative estimate of drug-likeness (QED) is 0.643. The molecule has 1 aliphatic rings. The summed E-state index contributed by atoms with van der Waals surface area (Å²) in [6, 6.07) is 17.8. The molecule has 0 aromatic heterocycles. The van der Waals surface area contributed by atoms with Gasteiger partial charge in [-0.2, -0.15) is 0 Å². The first-order valence-corrected chi connectivity index (χ1v) is 9.16. The highest BCUT2D eigenvalue weighted by atomic mass is 16.5. The van der Waals surface area contributed by atoms with Gasteiger partial charge in [0.15, 0.2) is 0 Å². The molecule has 27 heavy (non-hydrogen) atoms. The van der Waals surface area contributed by atoms with Crippen molar-refractivity contribution in [1.82, 2.24) is 0 Å². The van der Waals surface area contributed by atoms with Gasteiger partial charge in [-0.3, -0.25) is 4.79 Å². The average molecular weight is 359 g/mol. The van der Waals surface area contributed by atoms with Crippen molar-refractivity contribution in [3.05, 3.63) is 65.7 Å². The highest BCUT2D eigenvalue weighted by Gasteiger charge is 2.25. The summed E-state index contributed by atoms with van der Waals surface area (Å²) in [5, 5.41) is 5.11. The summed E-state index contributed by atoms with van der Waals surface area (Å²) >= 11 is 0. The van der Waals surface area contributed by atoms with Gasteiger partial charge >= 0.3 is 0 Å². The average Bonchev–Trinajstić information content (AvgIpc) is 2.98. The number of ether oxygens (including phenoxy) is 2. The second-order valence-corrected chi connectivity index (χ2v) is 6.28. The minimum Gasteiger partial charge on any atom is -0.494 e. The van der Waals surface area contributed by atoms with Crippen molar-refractivity contribution in [3.8, 4) is 11.5 Å². The van der Waals surface area contributed by atoms with Gasteiger partial charge < -0.3 is 14.8 Å². The molecule has 0 fully saturated rings. The second kappa shape index (κ2) is 7.16. The third kappa shape index (κ3) is 3.14. The Labute approximate surface area is 158 Å². The third-order valence-electron chi connectivity index (χ3n) is 4.60. The minimum atomic E-state index is -0.117. The first-order chi connectivity index (χ1) is 13.2. The Morgan fingerprint density at radius 1 is 0.963 bits per heavy atom. The number of anilines is 1. The summed E-state index contributed by atoms with van der Waals surface area (Å²) in [4.78, 5) is 12.6. The number of rotatable bonds is 5. The zero-order chi connectivity index (χ0) is 18.8. The van der Waals surface area contributed by atoms with Crippen LogP contribution >= 0.6 is 0 Å². The van der Waals surface area contributed by atoms with Crippen LogP contribution in [0.15, 0.2) is 54.6 Å². The first kappa shape index (κ1) is 17.2. The molecule has 1 N–H and O–H groups in total. The summed E-state index contributed by atoms with van der Waals surface area (Å²) in [6.07, 6.45) is 1.93. The van der Waals surface area contributed by atoms with Crippen molar-refractivity contribution < 1.29 is 14.3 Å². The molecule has 0 aliphatic carbocycles. The molecule has 4 nitrogen and oxygen atoms in total. The van der Waals surface area contributed by atoms with Crippen LogP contribution in [0.3, 0.4) is 0 Å². The molecule has 0 bridgehead atoms. The van der Waals surface area contributed by atoms with E-state index in [9.17, 15) is 4.79 Å². The molecule has 1 amide bonds. The zero-order valence-electron chi connectivity index (χ0n) is 15.4. The SMILES string of the molecule is CCOc1ccc2c(c1)NC(=O)/C2=C/c1c(OCC)ccc2ccccc12. The van der Waals surface area contributed by atoms with Crippen molar-refractivity contribution in [2.75, 3.05) is 18.5 Å². The summed E-state index contributed by atoms with van der Waals surface area (Å²) in [6.45, 7) is 5.05. The van der Waals surface area contributed by atoms with Gasteiger partial charge in [0.2, 0.25) is 0 Å². The molecule has 1 heterocycles. The molecule has 0 unspecified atom stereocenters. The smallest absolute Gasteiger partial charge is 0.256 e. The normalized spacial score (nSPS) is 14.3. The monoisotopic (exact) mass is 359 g/mol. The van der Waals surface area contributed by atoms with E-state index in [2.05, 4.69) is 17.4 Å². The van der Waals surface area contributed by atoms with Crippen LogP contribution in [0.4, 0.5) is 5.69 Å². The van der Waals surface area contributed by atoms with Gasteiger partial charge in [0, 0.05) is 22.8 Å². The van der Waals surface area contributed by atoms with Gasteiger partial charge in [-0.15, -0.1) is 0 Å². The number of hydrogen-bond acceptors (Lipinski definition) is 3. The van der Waals surface area contributed by atoms with Crippen molar-refractivity contribution in [2.24, 2.45) is 0 Å². The molecular formula is C23H21NO3. The number of fused-ring (bicyclic) bond motifs is 2. The predicted molar refractivity (Wildman–Crippen MR) is 109 cm³/mol. The Bertz CT molecular complexity index is 1050. The lowest BCUT2D eigenvalue weighted by molar-refractivity contribution is -0.110. The van der Waals surface area contributed by atoms with Gasteiger partial charge in [0.1, 0.15) is 11.5 Å². The minimum absolute atomic E-state index is 0.117. The fraction of sp³-hybridized carbons (Fsp3) is 0.174. The van der Waals surface area contributed by atoms with E-state index in [1.165, 1.54) is 0 Å². The molecule has 3 aromatic rings. The van der Waals surface area contributed by atoms with E-state index in [0.29, 0.717) is 18.8 Å². The number of benzene rings is 3. The summed E-state index contributed by atoms with van der Waals surface area (Å²) < 4.78 is 11.4. The molecule has 1 aliphatic heterocycles. The molecular weight excluding hydrogens is 338 g/mol. The maximum absolute atomic E-state index is 12.6. The standard InChI is InChI=1S/C23H21NO3/c1-3-26-16-10-11-18-20(23(25)24-21(18)13-16)14-19-17-8-6-5-7-15(17)9-12-22(19)27-4-2/h5-14H,3-4H2,1-2H3,(H,24,25)/b20-14+. The molecule has 0 saturated carbocycles. The van der Waals surface area contributed by atoms with Crippen LogP contribution in [-0.2, 0) is 4.79 Å². The van der Waals surface area contributed by atoms with Crippen LogP contribution in [-0.4, -0.2) is 19.1 Å². The van der Waals surface area contributed by atoms with Gasteiger partial charge in [0.25, 0.3) is 5.91 Å². The lowest BCUT2D eigenvalue weighted by Crippen LogP contribution is -2.04. The van der Waals surface area contributed by atoms with E-state index in [1.54, 1.807) is 0 Å². The summed E-state index contributed by atoms with van der Waals surface area (Å²) in [5.74, 6) is 1.41. The molecule has 0 spiro atoms. The van der Waals surface area contributed by atoms with E-state index >= 15 is 0 Å². The first-order valence-electron chi connectivity index (χ1n) is 9.16. The fourth-order valence-electron chi connectivity index (χ4n) is 3.42. The summed E-state index contributed by atoms with van der Waals surface area (Å²) in [7, 11) is 0. The van der Waals surface area contributed by atoms with Gasteiger partial charge in [-0.1, -0.05) is 30.3 Å². The van der Waals surface area contributed by atoms with E-state index < -0.39 is 0 Å². The topological polar surface area (TPSA) is 47.6 Å². The Morgan fingerprint density at radius 3 is 2.59 bits per heavy atom. The van der Waals surface area contributed by atoms with Crippen LogP contribution in [0.25, 0.3) is 22.4 Å². The van der Waals surface area contributed by atoms with E-state index in [1.807, 2.05) is 62.4 Å². The van der Waals surface area contributed by atoms with Crippen molar-refractivity contribution in [3.63, 3.8) is 0 Å². The lowest BCUT2D eigenvalue weighted by atomic mass is 9.98. The number of hydrogen-bond donors (Lipinski definition) is 1. The summed E-state index contributed by atoms with van der Waals surface area (Å²) in [5.41, 5.74) is 3.20. The van der Waals surface area contributed by atoms with Gasteiger partial charge in [0.05, 0.1) is 18.9 Å². The third-order valence-corrected chi connectivity index (χ3v) is 4.60. The van der Waals surface area contributed by atoms with Gasteiger partial charge in [-0.25, -0.2) is 0 Å². The molecule has 0 saturated heterocycles. The number of carbonyl (C=O) groups excluding carboxylic acids is 1. The van der Waals surface area contributed by atoms with Crippen molar-refractivity contribution in [1.29, 1.82) is 0 Å². The highest BCUT2D eigenvalue weighted by Crippen LogP contribution is 2.38. The fourth-order valence-corrected chi connectivity index (χ4v) is 3.42. The Kier molecular flexibility index (Phi) is 4.55. The van der Waals surface area contributed by atoms with Crippen LogP contribution in [0.1, 0.15) is 25.0 Å². The molecule has 3 aromatic carbocycles. The Hall–Kier alpha value is -3.27. The van der Waals surface area contributed by atoms with Crippen LogP contribution in [0.5, 0.6) is 11.5 Å². The Balaban J connectivity index is 1.87. The van der Waals surface area contributed by atoms with Gasteiger partial charge in [-0.05, 0) is 48.9 Å². The number of nitrogens with one attached hydrogen (secondary N) is 1. The molecule has 4 rings (SSSR count). The van der Waals surface area contributed by atoms with E-state index in [0.717, 1.165) is 39.1 Å². The maximum Gasteiger partial charge on any atom is 0.256 e. The number of carbonyl (C=O) groups is 1. The van der Waals surface area contributed by atoms with E-state index in [-0.39, 0.29) is 5.91 Å². The Morgan fingerprint density at radius 2 is 1.78 bits per heavy atom. The maximum atomic E-state index is 12.6. The van der Waals surface area contributed by atoms with E-state index in [4.69, 9.17) is 9.47 Å². The number of amides is 1. The van der Waals surface area contributed by atoms with Crippen LogP contribution in [0, 0.1) is 0 Å². The largest absolute Gasteiger partial charge is 0.494 e. The lowest BCUT2D eigenvalue weighted by Gasteiger charge is -2.11. The zero-order valence-corrected chi connectivity index (χ0v) is 15.4. The molecule has 4 heteroatoms. The van der Waals surface area contributed by atoms with Crippen molar-refractivity contribution in [2.45, 2.75) is 13.8 Å². The van der Waals surface area contributed by atoms with Crippen molar-refractivity contribution >= 4 is 34.0 Å². The van der Waals surface area contributed by atoms with Crippen LogP contribution < -0.4 is 14.8 Å². The molecule has 0 atom stereocenters. The second-order valence-electron chi connectivity index (χ2n) is 6.28. The molecule has 0 radical (unpaired) electrons.